The van der Waals surface area contributed by atoms with Gasteiger partial charge in [-0.25, -0.2) is 0 Å². The maximum absolute atomic E-state index is 13.4. The van der Waals surface area contributed by atoms with Gasteiger partial charge in [-0.2, -0.15) is 0 Å². The zero-order valence-electron chi connectivity index (χ0n) is 17.9. The molecule has 0 saturated heterocycles. The lowest BCUT2D eigenvalue weighted by molar-refractivity contribution is -0.149. The highest BCUT2D eigenvalue weighted by Crippen LogP contribution is 2.60. The fourth-order valence-electron chi connectivity index (χ4n) is 6.26. The number of hydrogen-bond donors (Lipinski definition) is 2. The minimum atomic E-state index is -0.492. The fraction of sp³-hybridized carbons (Fsp3) is 0.667. The van der Waals surface area contributed by atoms with E-state index in [0.29, 0.717) is 24.3 Å². The average Bonchev–Trinajstić information content (AvgIpc) is 2.69. The first-order chi connectivity index (χ1) is 13.9. The number of hydrogen-bond acceptors (Lipinski definition) is 3. The maximum Gasteiger partial charge on any atom is 0.243 e. The minimum absolute atomic E-state index is 0.0451. The van der Waals surface area contributed by atoms with Crippen LogP contribution in [0.4, 0.5) is 0 Å². The van der Waals surface area contributed by atoms with E-state index in [1.54, 1.807) is 7.11 Å². The summed E-state index contributed by atoms with van der Waals surface area (Å²) >= 11 is 0. The minimum Gasteiger partial charge on any atom is -0.497 e. The first-order valence-corrected chi connectivity index (χ1v) is 11.1. The Morgan fingerprint density at radius 2 is 1.59 bits per heavy atom. The number of amides is 2. The lowest BCUT2D eigenvalue weighted by atomic mass is 9.49. The molecule has 0 heterocycles. The molecule has 2 N–H and O–H groups in total. The van der Waals surface area contributed by atoms with Crippen molar-refractivity contribution in [3.05, 3.63) is 29.8 Å². The molecule has 1 aromatic carbocycles. The van der Waals surface area contributed by atoms with Gasteiger partial charge >= 0.3 is 0 Å². The van der Waals surface area contributed by atoms with E-state index in [1.807, 2.05) is 38.1 Å². The number of nitrogens with one attached hydrogen (secondary N) is 2. The normalized spacial score (nSPS) is 30.8. The molecule has 158 valence electrons. The molecule has 4 fully saturated rings. The van der Waals surface area contributed by atoms with E-state index in [9.17, 15) is 9.59 Å². The summed E-state index contributed by atoms with van der Waals surface area (Å²) in [4.78, 5) is 26.2. The Morgan fingerprint density at radius 1 is 1.03 bits per heavy atom. The fourth-order valence-corrected chi connectivity index (χ4v) is 6.26. The van der Waals surface area contributed by atoms with Crippen molar-refractivity contribution >= 4 is 11.8 Å². The molecule has 1 unspecified atom stereocenters. The van der Waals surface area contributed by atoms with Crippen LogP contribution in [0.15, 0.2) is 24.3 Å². The second-order valence-electron chi connectivity index (χ2n) is 9.96. The van der Waals surface area contributed by atoms with Crippen LogP contribution in [0.1, 0.15) is 57.9 Å². The van der Waals surface area contributed by atoms with Crippen LogP contribution in [0.5, 0.6) is 5.75 Å². The number of rotatable bonds is 7. The van der Waals surface area contributed by atoms with E-state index >= 15 is 0 Å². The molecule has 4 aliphatic rings. The summed E-state index contributed by atoms with van der Waals surface area (Å²) in [6.45, 7) is 4.44. The molecule has 4 saturated carbocycles. The SMILES string of the molecule is COc1ccc(CNC(=O)C(NC(=O)C23CC4CC(CC(C4)C2)C3)C(C)C)cc1. The summed E-state index contributed by atoms with van der Waals surface area (Å²) in [5.41, 5.74) is 0.784. The molecule has 4 bridgehead atoms. The van der Waals surface area contributed by atoms with Gasteiger partial charge in [0.15, 0.2) is 0 Å². The zero-order chi connectivity index (χ0) is 20.6. The van der Waals surface area contributed by atoms with Gasteiger partial charge in [-0.1, -0.05) is 26.0 Å². The van der Waals surface area contributed by atoms with Gasteiger partial charge in [-0.15, -0.1) is 0 Å². The summed E-state index contributed by atoms with van der Waals surface area (Å²) in [6, 6.07) is 7.16. The molecule has 1 aromatic rings. The Morgan fingerprint density at radius 3 is 2.07 bits per heavy atom. The van der Waals surface area contributed by atoms with E-state index in [1.165, 1.54) is 19.3 Å². The summed E-state index contributed by atoms with van der Waals surface area (Å²) in [6.07, 6.45) is 6.98. The molecule has 0 aliphatic heterocycles. The Kier molecular flexibility index (Phi) is 5.58. The van der Waals surface area contributed by atoms with E-state index < -0.39 is 6.04 Å². The molecule has 0 aromatic heterocycles. The highest BCUT2D eigenvalue weighted by atomic mass is 16.5. The quantitative estimate of drug-likeness (QED) is 0.736. The van der Waals surface area contributed by atoms with Crippen LogP contribution in [-0.2, 0) is 16.1 Å². The van der Waals surface area contributed by atoms with Gasteiger partial charge in [0.25, 0.3) is 0 Å². The second kappa shape index (κ2) is 8.00. The third kappa shape index (κ3) is 4.15. The summed E-state index contributed by atoms with van der Waals surface area (Å²) in [5.74, 6) is 3.01. The largest absolute Gasteiger partial charge is 0.497 e. The Balaban J connectivity index is 1.38. The van der Waals surface area contributed by atoms with E-state index in [4.69, 9.17) is 4.74 Å². The number of ether oxygens (including phenoxy) is 1. The van der Waals surface area contributed by atoms with Crippen molar-refractivity contribution in [2.75, 3.05) is 7.11 Å². The van der Waals surface area contributed by atoms with Gasteiger partial charge in [-0.3, -0.25) is 9.59 Å². The van der Waals surface area contributed by atoms with Crippen LogP contribution >= 0.6 is 0 Å². The number of benzene rings is 1. The van der Waals surface area contributed by atoms with Gasteiger partial charge in [-0.05, 0) is 79.9 Å². The van der Waals surface area contributed by atoms with Crippen LogP contribution in [0.2, 0.25) is 0 Å². The molecule has 0 spiro atoms. The van der Waals surface area contributed by atoms with E-state index in [0.717, 1.165) is 30.6 Å². The van der Waals surface area contributed by atoms with Crippen molar-refractivity contribution in [3.8, 4) is 5.75 Å². The number of methoxy groups -OCH3 is 1. The Labute approximate surface area is 174 Å². The first-order valence-electron chi connectivity index (χ1n) is 11.1. The summed E-state index contributed by atoms with van der Waals surface area (Å²) in [7, 11) is 1.64. The maximum atomic E-state index is 13.4. The smallest absolute Gasteiger partial charge is 0.243 e. The zero-order valence-corrected chi connectivity index (χ0v) is 17.9. The molecular formula is C24H34N2O3. The predicted molar refractivity (Wildman–Crippen MR) is 112 cm³/mol. The third-order valence-electron chi connectivity index (χ3n) is 7.38. The van der Waals surface area contributed by atoms with Crippen molar-refractivity contribution in [2.24, 2.45) is 29.1 Å². The van der Waals surface area contributed by atoms with Gasteiger partial charge in [0, 0.05) is 12.0 Å². The summed E-state index contributed by atoms with van der Waals surface area (Å²) < 4.78 is 5.17. The highest BCUT2D eigenvalue weighted by Gasteiger charge is 2.55. The molecule has 2 amide bonds. The van der Waals surface area contributed by atoms with Crippen LogP contribution in [-0.4, -0.2) is 25.0 Å². The molecule has 0 radical (unpaired) electrons. The summed E-state index contributed by atoms with van der Waals surface area (Å²) in [5, 5.41) is 6.16. The van der Waals surface area contributed by atoms with Crippen LogP contribution in [0.25, 0.3) is 0 Å². The van der Waals surface area contributed by atoms with Crippen molar-refractivity contribution < 1.29 is 14.3 Å². The highest BCUT2D eigenvalue weighted by molar-refractivity contribution is 5.90. The van der Waals surface area contributed by atoms with E-state index in [2.05, 4.69) is 10.6 Å². The first kappa shape index (κ1) is 20.2. The lowest BCUT2D eigenvalue weighted by Crippen LogP contribution is -2.58. The van der Waals surface area contributed by atoms with Gasteiger partial charge in [0.1, 0.15) is 11.8 Å². The monoisotopic (exact) mass is 398 g/mol. The molecule has 5 heteroatoms. The second-order valence-corrected chi connectivity index (χ2v) is 9.96. The van der Waals surface area contributed by atoms with Crippen molar-refractivity contribution in [3.63, 3.8) is 0 Å². The molecule has 5 nitrogen and oxygen atoms in total. The number of carbonyl (C=O) groups excluding carboxylic acids is 2. The van der Waals surface area contributed by atoms with Gasteiger partial charge in [0.05, 0.1) is 7.11 Å². The lowest BCUT2D eigenvalue weighted by Gasteiger charge is -2.55. The molecule has 5 rings (SSSR count). The van der Waals surface area contributed by atoms with E-state index in [-0.39, 0.29) is 23.1 Å². The number of carbonyl (C=O) groups is 2. The Bertz CT molecular complexity index is 721. The molecule has 29 heavy (non-hydrogen) atoms. The Hall–Kier alpha value is -2.04. The molecular weight excluding hydrogens is 364 g/mol. The predicted octanol–water partition coefficient (Wildman–Crippen LogP) is 3.67. The van der Waals surface area contributed by atoms with Gasteiger partial charge < -0.3 is 15.4 Å². The standard InChI is InChI=1S/C24H34N2O3/c1-15(2)21(22(27)25-14-16-4-6-20(29-3)7-5-16)26-23(28)24-11-17-8-18(12-24)10-19(9-17)13-24/h4-7,15,17-19,21H,8-14H2,1-3H3,(H,25,27)(H,26,28). The van der Waals surface area contributed by atoms with Crippen molar-refractivity contribution in [1.29, 1.82) is 0 Å². The van der Waals surface area contributed by atoms with Crippen LogP contribution in [0.3, 0.4) is 0 Å². The van der Waals surface area contributed by atoms with Crippen LogP contribution in [0, 0.1) is 29.1 Å². The topological polar surface area (TPSA) is 67.4 Å². The molecule has 4 aliphatic carbocycles. The van der Waals surface area contributed by atoms with Crippen molar-refractivity contribution in [2.45, 2.75) is 65.0 Å². The van der Waals surface area contributed by atoms with Gasteiger partial charge in [0.2, 0.25) is 11.8 Å². The van der Waals surface area contributed by atoms with Crippen molar-refractivity contribution in [1.82, 2.24) is 10.6 Å². The average molecular weight is 399 g/mol. The molecule has 1 atom stereocenters. The third-order valence-corrected chi connectivity index (χ3v) is 7.38. The van der Waals surface area contributed by atoms with Crippen LogP contribution < -0.4 is 15.4 Å².